The first kappa shape index (κ1) is 22.5. The Labute approximate surface area is 169 Å². The van der Waals surface area contributed by atoms with E-state index in [1.165, 1.54) is 26.0 Å². The predicted molar refractivity (Wildman–Crippen MR) is 107 cm³/mol. The van der Waals surface area contributed by atoms with Gasteiger partial charge in [-0.15, -0.1) is 0 Å². The minimum absolute atomic E-state index is 0.0255. The molecule has 2 aromatic rings. The maximum Gasteiger partial charge on any atom is 0.328 e. The van der Waals surface area contributed by atoms with Crippen LogP contribution in [0.4, 0.5) is 0 Å². The van der Waals surface area contributed by atoms with Gasteiger partial charge in [-0.05, 0) is 38.5 Å². The van der Waals surface area contributed by atoms with Crippen molar-refractivity contribution in [2.45, 2.75) is 43.4 Å². The van der Waals surface area contributed by atoms with E-state index < -0.39 is 39.6 Å². The molecule has 0 saturated carbocycles. The smallest absolute Gasteiger partial charge is 0.328 e. The van der Waals surface area contributed by atoms with E-state index >= 15 is 0 Å². The molecular formula is C20H24N2O6S. The van der Waals surface area contributed by atoms with Crippen molar-refractivity contribution in [1.82, 2.24) is 10.0 Å². The van der Waals surface area contributed by atoms with Crippen molar-refractivity contribution >= 4 is 21.9 Å². The monoisotopic (exact) mass is 420 g/mol. The van der Waals surface area contributed by atoms with Crippen molar-refractivity contribution in [3.8, 4) is 0 Å². The number of rotatable bonds is 8. The van der Waals surface area contributed by atoms with E-state index in [-0.39, 0.29) is 4.90 Å². The van der Waals surface area contributed by atoms with Crippen LogP contribution < -0.4 is 10.0 Å². The molecule has 0 aliphatic rings. The third-order valence-electron chi connectivity index (χ3n) is 4.33. The molecule has 0 bridgehead atoms. The molecule has 0 heterocycles. The number of aliphatic carboxylic acids is 1. The second-order valence-corrected chi connectivity index (χ2v) is 8.90. The molecule has 2 atom stereocenters. The highest BCUT2D eigenvalue weighted by Crippen LogP contribution is 2.22. The molecular weight excluding hydrogens is 396 g/mol. The summed E-state index contributed by atoms with van der Waals surface area (Å²) in [7, 11) is -4.07. The number of aliphatic hydroxyl groups excluding tert-OH is 1. The number of hydrogen-bond acceptors (Lipinski definition) is 5. The number of benzene rings is 2. The fourth-order valence-corrected chi connectivity index (χ4v) is 3.74. The summed E-state index contributed by atoms with van der Waals surface area (Å²) in [6.07, 6.45) is -1.86. The number of aliphatic hydroxyl groups is 1. The van der Waals surface area contributed by atoms with Crippen LogP contribution in [0.25, 0.3) is 0 Å². The summed E-state index contributed by atoms with van der Waals surface area (Å²) >= 11 is 0. The van der Waals surface area contributed by atoms with E-state index in [0.29, 0.717) is 5.56 Å². The number of amides is 1. The third-order valence-corrected chi connectivity index (χ3v) is 5.78. The third kappa shape index (κ3) is 5.63. The summed E-state index contributed by atoms with van der Waals surface area (Å²) in [6, 6.07) is 12.8. The van der Waals surface area contributed by atoms with Crippen LogP contribution in [-0.4, -0.2) is 42.2 Å². The Bertz CT molecular complexity index is 972. The standard InChI is InChI=1S/C20H24N2O6S/c1-13-9-11-15(12-10-13)29(27,28)22-16(14-7-5-4-6-8-14)17(23)18(24)21-20(2,3)19(25)26/h4-12,16-17,22-23H,1-3H3,(H,21,24)(H,25,26)/t16-,17+/m0/s1. The SMILES string of the molecule is Cc1ccc(S(=O)(=O)N[C@@H](c2ccccc2)[C@@H](O)C(=O)NC(C)(C)C(=O)O)cc1. The summed E-state index contributed by atoms with van der Waals surface area (Å²) in [6.45, 7) is 4.33. The van der Waals surface area contributed by atoms with Crippen LogP contribution in [0.1, 0.15) is 31.0 Å². The molecule has 0 fully saturated rings. The lowest BCUT2D eigenvalue weighted by Gasteiger charge is -2.27. The number of carboxylic acids is 1. The van der Waals surface area contributed by atoms with Gasteiger partial charge in [0.25, 0.3) is 5.91 Å². The minimum atomic E-state index is -4.07. The van der Waals surface area contributed by atoms with Gasteiger partial charge >= 0.3 is 5.97 Å². The topological polar surface area (TPSA) is 133 Å². The maximum absolute atomic E-state index is 12.8. The molecule has 0 aromatic heterocycles. The van der Waals surface area contributed by atoms with E-state index in [1.54, 1.807) is 42.5 Å². The van der Waals surface area contributed by atoms with Gasteiger partial charge in [0.15, 0.2) is 6.10 Å². The molecule has 9 heteroatoms. The second-order valence-electron chi connectivity index (χ2n) is 7.19. The van der Waals surface area contributed by atoms with Gasteiger partial charge in [-0.3, -0.25) is 4.79 Å². The van der Waals surface area contributed by atoms with Crippen LogP contribution in [0.2, 0.25) is 0 Å². The van der Waals surface area contributed by atoms with Crippen molar-refractivity contribution in [3.63, 3.8) is 0 Å². The van der Waals surface area contributed by atoms with Gasteiger partial charge < -0.3 is 15.5 Å². The van der Waals surface area contributed by atoms with Gasteiger partial charge in [-0.1, -0.05) is 48.0 Å². The molecule has 4 N–H and O–H groups in total. The molecule has 2 aromatic carbocycles. The van der Waals surface area contributed by atoms with Crippen molar-refractivity contribution in [2.75, 3.05) is 0 Å². The molecule has 2 rings (SSSR count). The summed E-state index contributed by atoms with van der Waals surface area (Å²) in [5, 5.41) is 22.0. The Morgan fingerprint density at radius 1 is 1.00 bits per heavy atom. The van der Waals surface area contributed by atoms with Gasteiger partial charge in [0.1, 0.15) is 5.54 Å². The average Bonchev–Trinajstić information content (AvgIpc) is 2.66. The molecule has 0 radical (unpaired) electrons. The first-order valence-corrected chi connectivity index (χ1v) is 10.3. The lowest BCUT2D eigenvalue weighted by atomic mass is 10.00. The quantitative estimate of drug-likeness (QED) is 0.510. The number of hydrogen-bond donors (Lipinski definition) is 4. The first-order valence-electron chi connectivity index (χ1n) is 8.81. The predicted octanol–water partition coefficient (Wildman–Crippen LogP) is 1.35. The lowest BCUT2D eigenvalue weighted by Crippen LogP contribution is -2.55. The van der Waals surface area contributed by atoms with Crippen LogP contribution in [-0.2, 0) is 19.6 Å². The normalized spacial score (nSPS) is 14.1. The van der Waals surface area contributed by atoms with Crippen LogP contribution in [0.5, 0.6) is 0 Å². The van der Waals surface area contributed by atoms with Gasteiger partial charge in [-0.2, -0.15) is 0 Å². The molecule has 8 nitrogen and oxygen atoms in total. The fourth-order valence-electron chi connectivity index (χ4n) is 2.51. The largest absolute Gasteiger partial charge is 0.480 e. The van der Waals surface area contributed by atoms with E-state index in [9.17, 15) is 28.2 Å². The van der Waals surface area contributed by atoms with Gasteiger partial charge in [-0.25, -0.2) is 17.9 Å². The van der Waals surface area contributed by atoms with Gasteiger partial charge in [0.05, 0.1) is 10.9 Å². The molecule has 156 valence electrons. The molecule has 0 saturated heterocycles. The van der Waals surface area contributed by atoms with Crippen LogP contribution in [0, 0.1) is 6.92 Å². The molecule has 29 heavy (non-hydrogen) atoms. The summed E-state index contributed by atoms with van der Waals surface area (Å²) in [5.41, 5.74) is -0.423. The Balaban J connectivity index is 2.36. The summed E-state index contributed by atoms with van der Waals surface area (Å²) < 4.78 is 28.0. The maximum atomic E-state index is 12.8. The zero-order chi connectivity index (χ0) is 21.8. The van der Waals surface area contributed by atoms with E-state index in [4.69, 9.17) is 0 Å². The number of nitrogens with one attached hydrogen (secondary N) is 2. The molecule has 0 aliphatic heterocycles. The highest BCUT2D eigenvalue weighted by molar-refractivity contribution is 7.89. The van der Waals surface area contributed by atoms with Gasteiger partial charge in [0.2, 0.25) is 10.0 Å². The summed E-state index contributed by atoms with van der Waals surface area (Å²) in [5.74, 6) is -2.31. The second kappa shape index (κ2) is 8.73. The molecule has 0 spiro atoms. The van der Waals surface area contributed by atoms with Crippen molar-refractivity contribution in [2.24, 2.45) is 0 Å². The Morgan fingerprint density at radius 3 is 2.07 bits per heavy atom. The highest BCUT2D eigenvalue weighted by Gasteiger charge is 2.36. The number of sulfonamides is 1. The first-order chi connectivity index (χ1) is 13.4. The van der Waals surface area contributed by atoms with Crippen molar-refractivity contribution < 1.29 is 28.2 Å². The molecule has 1 amide bonds. The summed E-state index contributed by atoms with van der Waals surface area (Å²) in [4.78, 5) is 23.7. The van der Waals surface area contributed by atoms with Crippen LogP contribution >= 0.6 is 0 Å². The van der Waals surface area contributed by atoms with Crippen molar-refractivity contribution in [3.05, 3.63) is 65.7 Å². The number of aryl methyl sites for hydroxylation is 1. The Morgan fingerprint density at radius 2 is 1.55 bits per heavy atom. The van der Waals surface area contributed by atoms with E-state index in [1.807, 2.05) is 6.92 Å². The minimum Gasteiger partial charge on any atom is -0.480 e. The number of carbonyl (C=O) groups is 2. The van der Waals surface area contributed by atoms with Crippen molar-refractivity contribution in [1.29, 1.82) is 0 Å². The van der Waals surface area contributed by atoms with E-state index in [0.717, 1.165) is 5.56 Å². The molecule has 0 aliphatic carbocycles. The molecule has 0 unspecified atom stereocenters. The zero-order valence-electron chi connectivity index (χ0n) is 16.3. The highest BCUT2D eigenvalue weighted by atomic mass is 32.2. The lowest BCUT2D eigenvalue weighted by molar-refractivity contribution is -0.148. The number of carboxylic acid groups (broad SMARTS) is 1. The van der Waals surface area contributed by atoms with Crippen LogP contribution in [0.3, 0.4) is 0 Å². The van der Waals surface area contributed by atoms with Crippen LogP contribution in [0.15, 0.2) is 59.5 Å². The average molecular weight is 420 g/mol. The zero-order valence-corrected chi connectivity index (χ0v) is 17.1. The van der Waals surface area contributed by atoms with Gasteiger partial charge in [0, 0.05) is 0 Å². The fraction of sp³-hybridized carbons (Fsp3) is 0.300. The van der Waals surface area contributed by atoms with E-state index in [2.05, 4.69) is 10.0 Å². The number of carbonyl (C=O) groups excluding carboxylic acids is 1. The Hall–Kier alpha value is -2.75. The Kier molecular flexibility index (Phi) is 6.78.